The molecule has 0 atom stereocenters. The van der Waals surface area contributed by atoms with Crippen molar-refractivity contribution in [2.24, 2.45) is 5.41 Å². The van der Waals surface area contributed by atoms with Crippen LogP contribution in [0.2, 0.25) is 0 Å². The van der Waals surface area contributed by atoms with Crippen molar-refractivity contribution in [1.29, 1.82) is 0 Å². The molecule has 0 spiro atoms. The smallest absolute Gasteiger partial charge is 0.412 e. The first kappa shape index (κ1) is 17.8. The highest BCUT2D eigenvalue weighted by Gasteiger charge is 2.82. The van der Waals surface area contributed by atoms with Crippen molar-refractivity contribution < 1.29 is 49.0 Å². The molecule has 0 fully saturated rings. The molecule has 0 aromatic heterocycles. The minimum absolute atomic E-state index is 0.624. The number of esters is 1. The summed E-state index contributed by atoms with van der Waals surface area (Å²) >= 11 is 0. The van der Waals surface area contributed by atoms with Gasteiger partial charge in [0.25, 0.3) is 5.41 Å². The van der Waals surface area contributed by atoms with E-state index in [4.69, 9.17) is 0 Å². The van der Waals surface area contributed by atoms with Gasteiger partial charge in [0.2, 0.25) is 0 Å². The summed E-state index contributed by atoms with van der Waals surface area (Å²) in [6.45, 7) is 0. The predicted molar refractivity (Wildman–Crippen MR) is 41.8 cm³/mol. The summed E-state index contributed by atoms with van der Waals surface area (Å²) in [7, 11) is 0.624. The average Bonchev–Trinajstić information content (AvgIpc) is 2.11. The monoisotopic (exact) mass is 306 g/mol. The molecule has 11 heteroatoms. The number of halogens is 9. The molecule has 114 valence electrons. The molecule has 0 N–H and O–H groups in total. The molecular weight excluding hydrogens is 299 g/mol. The van der Waals surface area contributed by atoms with Gasteiger partial charge in [-0.3, -0.25) is 4.79 Å². The fraction of sp³-hybridized carbons (Fsp3) is 0.875. The Morgan fingerprint density at radius 1 is 0.842 bits per heavy atom. The summed E-state index contributed by atoms with van der Waals surface area (Å²) in [4.78, 5) is 10.5. The fourth-order valence-electron chi connectivity index (χ4n) is 1.30. The highest BCUT2D eigenvalue weighted by Crippen LogP contribution is 2.61. The second kappa shape index (κ2) is 5.08. The molecule has 2 nitrogen and oxygen atoms in total. The van der Waals surface area contributed by atoms with Crippen LogP contribution in [0.1, 0.15) is 12.8 Å². The van der Waals surface area contributed by atoms with Crippen LogP contribution in [0.25, 0.3) is 0 Å². The molecule has 0 saturated heterocycles. The van der Waals surface area contributed by atoms with Crippen molar-refractivity contribution in [2.75, 3.05) is 7.11 Å². The molecule has 0 aliphatic rings. The Morgan fingerprint density at radius 3 is 1.37 bits per heavy atom. The van der Waals surface area contributed by atoms with Gasteiger partial charge in [-0.15, -0.1) is 0 Å². The van der Waals surface area contributed by atoms with Crippen LogP contribution in [0.4, 0.5) is 39.5 Å². The summed E-state index contributed by atoms with van der Waals surface area (Å²) in [5, 5.41) is 0. The summed E-state index contributed by atoms with van der Waals surface area (Å²) in [6, 6.07) is 0. The third kappa shape index (κ3) is 3.24. The van der Waals surface area contributed by atoms with Crippen molar-refractivity contribution in [1.82, 2.24) is 0 Å². The van der Waals surface area contributed by atoms with Crippen LogP contribution in [0.3, 0.4) is 0 Å². The third-order valence-electron chi connectivity index (χ3n) is 2.38. The molecule has 0 amide bonds. The molecule has 0 unspecified atom stereocenters. The molecular formula is C8H7F9O2. The van der Waals surface area contributed by atoms with Gasteiger partial charge in [-0.25, -0.2) is 0 Å². The lowest BCUT2D eigenvalue weighted by molar-refractivity contribution is -0.428. The van der Waals surface area contributed by atoms with Crippen molar-refractivity contribution in [3.05, 3.63) is 0 Å². The first-order valence-electron chi connectivity index (χ1n) is 4.47. The van der Waals surface area contributed by atoms with Crippen LogP contribution >= 0.6 is 0 Å². The van der Waals surface area contributed by atoms with Crippen LogP contribution in [0, 0.1) is 5.41 Å². The Morgan fingerprint density at radius 2 is 1.16 bits per heavy atom. The molecule has 0 heterocycles. The van der Waals surface area contributed by atoms with Gasteiger partial charge in [0.15, 0.2) is 0 Å². The summed E-state index contributed by atoms with van der Waals surface area (Å²) in [6.07, 6.45) is -24.1. The number of rotatable bonds is 3. The van der Waals surface area contributed by atoms with Gasteiger partial charge in [0.1, 0.15) is 0 Å². The second-order valence-electron chi connectivity index (χ2n) is 3.47. The molecule has 0 aromatic rings. The van der Waals surface area contributed by atoms with E-state index in [2.05, 4.69) is 4.74 Å². The minimum atomic E-state index is -6.64. The molecule has 0 rings (SSSR count). The van der Waals surface area contributed by atoms with Crippen LogP contribution in [-0.4, -0.2) is 31.6 Å². The number of carbonyl (C=O) groups is 1. The number of hydrogen-bond donors (Lipinski definition) is 0. The normalized spacial score (nSPS) is 14.4. The Bertz CT molecular complexity index is 289. The zero-order chi connectivity index (χ0) is 15.7. The maximum absolute atomic E-state index is 12.3. The SMILES string of the molecule is COC(=O)CCC(C(F)(F)F)(C(F)(F)F)C(F)(F)F. The molecule has 0 aromatic carbocycles. The first-order valence-corrected chi connectivity index (χ1v) is 4.47. The number of ether oxygens (including phenoxy) is 1. The van der Waals surface area contributed by atoms with Crippen LogP contribution < -0.4 is 0 Å². The zero-order valence-corrected chi connectivity index (χ0v) is 9.13. The molecule has 19 heavy (non-hydrogen) atoms. The van der Waals surface area contributed by atoms with Crippen LogP contribution in [0.15, 0.2) is 0 Å². The van der Waals surface area contributed by atoms with Crippen molar-refractivity contribution >= 4 is 5.97 Å². The maximum atomic E-state index is 12.3. The molecule has 0 saturated carbocycles. The Balaban J connectivity index is 5.75. The third-order valence-corrected chi connectivity index (χ3v) is 2.38. The highest BCUT2D eigenvalue weighted by molar-refractivity contribution is 5.69. The van der Waals surface area contributed by atoms with E-state index < -0.39 is 42.8 Å². The largest absolute Gasteiger partial charge is 0.469 e. The lowest BCUT2D eigenvalue weighted by Gasteiger charge is -2.38. The number of carbonyl (C=O) groups excluding carboxylic acids is 1. The number of hydrogen-bond acceptors (Lipinski definition) is 2. The molecule has 0 bridgehead atoms. The number of methoxy groups -OCH3 is 1. The van der Waals surface area contributed by atoms with E-state index in [1.165, 1.54) is 0 Å². The van der Waals surface area contributed by atoms with E-state index >= 15 is 0 Å². The van der Waals surface area contributed by atoms with E-state index in [-0.39, 0.29) is 0 Å². The highest BCUT2D eigenvalue weighted by atomic mass is 19.4. The van der Waals surface area contributed by atoms with Crippen molar-refractivity contribution in [3.63, 3.8) is 0 Å². The Labute approximate surface area is 100 Å². The van der Waals surface area contributed by atoms with Gasteiger partial charge in [-0.05, 0) is 6.42 Å². The Kier molecular flexibility index (Phi) is 4.77. The summed E-state index contributed by atoms with van der Waals surface area (Å²) in [5.74, 6) is -1.61. The molecule has 0 radical (unpaired) electrons. The zero-order valence-electron chi connectivity index (χ0n) is 9.13. The average molecular weight is 306 g/mol. The fourth-order valence-corrected chi connectivity index (χ4v) is 1.30. The minimum Gasteiger partial charge on any atom is -0.469 e. The van der Waals surface area contributed by atoms with Gasteiger partial charge >= 0.3 is 24.5 Å². The van der Waals surface area contributed by atoms with E-state index in [0.29, 0.717) is 7.11 Å². The van der Waals surface area contributed by atoms with E-state index in [1.54, 1.807) is 0 Å². The first-order chi connectivity index (χ1) is 8.20. The van der Waals surface area contributed by atoms with E-state index in [0.717, 1.165) is 0 Å². The van der Waals surface area contributed by atoms with Gasteiger partial charge in [0, 0.05) is 6.42 Å². The second-order valence-corrected chi connectivity index (χ2v) is 3.47. The maximum Gasteiger partial charge on any atom is 0.412 e. The lowest BCUT2D eigenvalue weighted by atomic mass is 9.80. The summed E-state index contributed by atoms with van der Waals surface area (Å²) in [5.41, 5.74) is -5.96. The molecule has 0 aliphatic heterocycles. The van der Waals surface area contributed by atoms with Gasteiger partial charge < -0.3 is 4.74 Å². The predicted octanol–water partition coefficient (Wildman–Crippen LogP) is 3.61. The van der Waals surface area contributed by atoms with Gasteiger partial charge in [0.05, 0.1) is 7.11 Å². The number of alkyl halides is 9. The van der Waals surface area contributed by atoms with Crippen molar-refractivity contribution in [3.8, 4) is 0 Å². The van der Waals surface area contributed by atoms with E-state index in [1.807, 2.05) is 0 Å². The van der Waals surface area contributed by atoms with Gasteiger partial charge in [-0.1, -0.05) is 0 Å². The van der Waals surface area contributed by atoms with Crippen LogP contribution in [0.5, 0.6) is 0 Å². The quantitative estimate of drug-likeness (QED) is 0.588. The standard InChI is InChI=1S/C8H7F9O2/c1-19-4(18)2-3-5(6(9,10)11,7(12,13)14)8(15,16)17/h2-3H2,1H3. The molecule has 0 aliphatic carbocycles. The van der Waals surface area contributed by atoms with E-state index in [9.17, 15) is 44.3 Å². The Hall–Kier alpha value is -1.16. The van der Waals surface area contributed by atoms with Crippen LogP contribution in [-0.2, 0) is 9.53 Å². The lowest BCUT2D eigenvalue weighted by Crippen LogP contribution is -2.59. The van der Waals surface area contributed by atoms with Gasteiger partial charge in [-0.2, -0.15) is 39.5 Å². The van der Waals surface area contributed by atoms with Crippen molar-refractivity contribution in [2.45, 2.75) is 31.4 Å². The summed E-state index contributed by atoms with van der Waals surface area (Å²) < 4.78 is 115. The topological polar surface area (TPSA) is 26.3 Å².